The summed E-state index contributed by atoms with van der Waals surface area (Å²) in [5.41, 5.74) is 6.08. The van der Waals surface area contributed by atoms with E-state index in [0.29, 0.717) is 12.6 Å². The maximum absolute atomic E-state index is 12.5. The summed E-state index contributed by atoms with van der Waals surface area (Å²) in [4.78, 5) is 15.0. The summed E-state index contributed by atoms with van der Waals surface area (Å²) >= 11 is 3.40. The third kappa shape index (κ3) is 4.78. The van der Waals surface area contributed by atoms with Crippen LogP contribution in [0.15, 0.2) is 28.7 Å². The number of amides is 1. The van der Waals surface area contributed by atoms with Gasteiger partial charge in [-0.15, -0.1) is 0 Å². The first kappa shape index (κ1) is 18.4. The molecular formula is C18H28BrN3O. The number of hydrogen-bond donors (Lipinski definition) is 2. The van der Waals surface area contributed by atoms with Gasteiger partial charge in [-0.1, -0.05) is 41.4 Å². The van der Waals surface area contributed by atoms with Gasteiger partial charge in [0.15, 0.2) is 0 Å². The molecule has 3 N–H and O–H groups in total. The Kier molecular flexibility index (Phi) is 6.62. The first-order valence-electron chi connectivity index (χ1n) is 8.52. The quantitative estimate of drug-likeness (QED) is 0.795. The van der Waals surface area contributed by atoms with Gasteiger partial charge in [-0.05, 0) is 50.4 Å². The van der Waals surface area contributed by atoms with Crippen LogP contribution in [0.2, 0.25) is 0 Å². The number of carbonyl (C=O) groups excluding carboxylic acids is 1. The van der Waals surface area contributed by atoms with Crippen molar-refractivity contribution in [2.75, 3.05) is 19.6 Å². The van der Waals surface area contributed by atoms with Gasteiger partial charge in [0, 0.05) is 23.6 Å². The van der Waals surface area contributed by atoms with Gasteiger partial charge in [0.25, 0.3) is 0 Å². The van der Waals surface area contributed by atoms with Crippen molar-refractivity contribution in [2.24, 2.45) is 5.73 Å². The molecule has 1 saturated heterocycles. The predicted octanol–water partition coefficient (Wildman–Crippen LogP) is 3.00. The fourth-order valence-electron chi connectivity index (χ4n) is 3.24. The van der Waals surface area contributed by atoms with Crippen LogP contribution in [0.5, 0.6) is 0 Å². The van der Waals surface area contributed by atoms with Crippen LogP contribution < -0.4 is 11.1 Å². The van der Waals surface area contributed by atoms with Crippen molar-refractivity contribution in [3.63, 3.8) is 0 Å². The van der Waals surface area contributed by atoms with Crippen LogP contribution in [0.3, 0.4) is 0 Å². The molecule has 23 heavy (non-hydrogen) atoms. The highest BCUT2D eigenvalue weighted by Crippen LogP contribution is 2.21. The molecule has 5 heteroatoms. The van der Waals surface area contributed by atoms with E-state index in [9.17, 15) is 4.79 Å². The molecule has 0 saturated carbocycles. The molecule has 4 nitrogen and oxygen atoms in total. The fraction of sp³-hybridized carbons (Fsp3) is 0.611. The van der Waals surface area contributed by atoms with Crippen molar-refractivity contribution in [1.82, 2.24) is 10.2 Å². The van der Waals surface area contributed by atoms with Crippen LogP contribution >= 0.6 is 15.9 Å². The molecule has 2 unspecified atom stereocenters. The van der Waals surface area contributed by atoms with E-state index >= 15 is 0 Å². The van der Waals surface area contributed by atoms with Gasteiger partial charge in [0.05, 0.1) is 0 Å². The van der Waals surface area contributed by atoms with Crippen molar-refractivity contribution in [2.45, 2.75) is 51.1 Å². The number of nitrogens with zero attached hydrogens (tertiary/aromatic N) is 1. The molecular weight excluding hydrogens is 354 g/mol. The topological polar surface area (TPSA) is 58.4 Å². The van der Waals surface area contributed by atoms with E-state index in [4.69, 9.17) is 5.73 Å². The molecule has 0 bridgehead atoms. The summed E-state index contributed by atoms with van der Waals surface area (Å²) in [5, 5.41) is 3.01. The van der Waals surface area contributed by atoms with Crippen LogP contribution in [0.1, 0.15) is 45.1 Å². The van der Waals surface area contributed by atoms with Crippen LogP contribution in [0.4, 0.5) is 0 Å². The van der Waals surface area contributed by atoms with Crippen LogP contribution in [0.25, 0.3) is 0 Å². The number of nitrogens with two attached hydrogens (primary N) is 1. The lowest BCUT2D eigenvalue weighted by Crippen LogP contribution is -2.51. The Balaban J connectivity index is 1.87. The van der Waals surface area contributed by atoms with E-state index in [1.807, 2.05) is 24.3 Å². The van der Waals surface area contributed by atoms with Crippen molar-refractivity contribution in [1.29, 1.82) is 0 Å². The standard InChI is InChI=1S/C18H28BrN3O/c1-3-16-6-4-5-12-22(16)13-11-21-17(23)18(2,20)14-7-9-15(19)10-8-14/h7-10,16H,3-6,11-13,20H2,1-2H3,(H,21,23). The lowest BCUT2D eigenvalue weighted by Gasteiger charge is -2.35. The highest BCUT2D eigenvalue weighted by molar-refractivity contribution is 9.10. The summed E-state index contributed by atoms with van der Waals surface area (Å²) in [7, 11) is 0. The first-order valence-corrected chi connectivity index (χ1v) is 9.31. The molecule has 1 aromatic rings. The minimum absolute atomic E-state index is 0.120. The van der Waals surface area contributed by atoms with Crippen molar-refractivity contribution >= 4 is 21.8 Å². The number of hydrogen-bond acceptors (Lipinski definition) is 3. The molecule has 2 atom stereocenters. The summed E-state index contributed by atoms with van der Waals surface area (Å²) < 4.78 is 0.980. The van der Waals surface area contributed by atoms with Crippen molar-refractivity contribution in [3.05, 3.63) is 34.3 Å². The lowest BCUT2D eigenvalue weighted by atomic mass is 9.92. The van der Waals surface area contributed by atoms with Crippen LogP contribution in [-0.2, 0) is 10.3 Å². The number of nitrogens with one attached hydrogen (secondary N) is 1. The zero-order chi connectivity index (χ0) is 16.9. The second-order valence-corrected chi connectivity index (χ2v) is 7.47. The van der Waals surface area contributed by atoms with Crippen molar-refractivity contribution < 1.29 is 4.79 Å². The number of benzene rings is 1. The molecule has 128 valence electrons. The second kappa shape index (κ2) is 8.27. The Bertz CT molecular complexity index is 516. The Hall–Kier alpha value is -0.910. The zero-order valence-electron chi connectivity index (χ0n) is 14.1. The number of likely N-dealkylation sites (tertiary alicyclic amines) is 1. The monoisotopic (exact) mass is 381 g/mol. The van der Waals surface area contributed by atoms with E-state index in [0.717, 1.165) is 23.1 Å². The van der Waals surface area contributed by atoms with Gasteiger partial charge in [0.1, 0.15) is 5.54 Å². The van der Waals surface area contributed by atoms with E-state index in [-0.39, 0.29) is 5.91 Å². The zero-order valence-corrected chi connectivity index (χ0v) is 15.7. The largest absolute Gasteiger partial charge is 0.353 e. The van der Waals surface area contributed by atoms with Gasteiger partial charge in [-0.2, -0.15) is 0 Å². The molecule has 0 aromatic heterocycles. The normalized spacial score (nSPS) is 21.7. The molecule has 1 heterocycles. The molecule has 1 fully saturated rings. The third-order valence-electron chi connectivity index (χ3n) is 4.82. The van der Waals surface area contributed by atoms with E-state index in [2.05, 4.69) is 33.1 Å². The van der Waals surface area contributed by atoms with E-state index in [1.54, 1.807) is 6.92 Å². The molecule has 2 rings (SSSR count). The Labute approximate surface area is 147 Å². The second-order valence-electron chi connectivity index (χ2n) is 6.56. The maximum Gasteiger partial charge on any atom is 0.244 e. The predicted molar refractivity (Wildman–Crippen MR) is 98.2 cm³/mol. The fourth-order valence-corrected chi connectivity index (χ4v) is 3.50. The molecule has 1 amide bonds. The molecule has 1 aliphatic heterocycles. The van der Waals surface area contributed by atoms with Gasteiger partial charge in [0.2, 0.25) is 5.91 Å². The Morgan fingerprint density at radius 1 is 1.39 bits per heavy atom. The third-order valence-corrected chi connectivity index (χ3v) is 5.35. The summed E-state index contributed by atoms with van der Waals surface area (Å²) in [6.45, 7) is 6.70. The van der Waals surface area contributed by atoms with Crippen molar-refractivity contribution in [3.8, 4) is 0 Å². The smallest absolute Gasteiger partial charge is 0.244 e. The van der Waals surface area contributed by atoms with Crippen LogP contribution in [0, 0.1) is 0 Å². The number of piperidine rings is 1. The van der Waals surface area contributed by atoms with E-state index in [1.165, 1.54) is 25.7 Å². The highest BCUT2D eigenvalue weighted by Gasteiger charge is 2.30. The Morgan fingerprint density at radius 3 is 2.74 bits per heavy atom. The maximum atomic E-state index is 12.5. The summed E-state index contributed by atoms with van der Waals surface area (Å²) in [5.74, 6) is -0.120. The number of halogens is 1. The van der Waals surface area contributed by atoms with Gasteiger partial charge in [-0.25, -0.2) is 0 Å². The minimum atomic E-state index is -1.01. The number of carbonyl (C=O) groups is 1. The lowest BCUT2D eigenvalue weighted by molar-refractivity contribution is -0.126. The SMILES string of the molecule is CCC1CCCCN1CCNC(=O)C(C)(N)c1ccc(Br)cc1. The van der Waals surface area contributed by atoms with E-state index < -0.39 is 5.54 Å². The van der Waals surface area contributed by atoms with Gasteiger partial charge in [-0.3, -0.25) is 9.69 Å². The number of rotatable bonds is 6. The molecule has 1 aromatic carbocycles. The molecule has 0 radical (unpaired) electrons. The van der Waals surface area contributed by atoms with Gasteiger partial charge < -0.3 is 11.1 Å². The Morgan fingerprint density at radius 2 is 2.09 bits per heavy atom. The highest BCUT2D eigenvalue weighted by atomic mass is 79.9. The van der Waals surface area contributed by atoms with Gasteiger partial charge >= 0.3 is 0 Å². The first-order chi connectivity index (χ1) is 10.9. The van der Waals surface area contributed by atoms with Crippen LogP contribution in [-0.4, -0.2) is 36.5 Å². The average Bonchev–Trinajstić information content (AvgIpc) is 2.55. The molecule has 0 spiro atoms. The molecule has 1 aliphatic rings. The summed E-state index contributed by atoms with van der Waals surface area (Å²) in [6.07, 6.45) is 5.04. The average molecular weight is 382 g/mol. The summed E-state index contributed by atoms with van der Waals surface area (Å²) in [6, 6.07) is 8.26. The minimum Gasteiger partial charge on any atom is -0.353 e. The molecule has 0 aliphatic carbocycles.